The molecule has 10 nitrogen and oxygen atoms in total. The fourth-order valence-corrected chi connectivity index (χ4v) is 2.59. The summed E-state index contributed by atoms with van der Waals surface area (Å²) in [5.41, 5.74) is -0.183. The molecule has 0 bridgehead atoms. The number of carbonyl (C=O) groups is 2. The van der Waals surface area contributed by atoms with E-state index in [1.54, 1.807) is 0 Å². The molecule has 1 saturated heterocycles. The third-order valence-corrected chi connectivity index (χ3v) is 4.10. The molecule has 1 heterocycles. The number of phenolic OH excluding ortho intramolecular Hbond substituents is 1. The highest BCUT2D eigenvalue weighted by Gasteiger charge is 2.45. The van der Waals surface area contributed by atoms with Gasteiger partial charge in [0.15, 0.2) is 11.5 Å². The molecule has 0 saturated carbocycles. The van der Waals surface area contributed by atoms with Gasteiger partial charge in [-0.25, -0.2) is 4.79 Å². The van der Waals surface area contributed by atoms with E-state index in [9.17, 15) is 30.0 Å². The zero-order valence-corrected chi connectivity index (χ0v) is 15.4. The Hall–Kier alpha value is -2.40. The summed E-state index contributed by atoms with van der Waals surface area (Å²) >= 11 is 0. The second kappa shape index (κ2) is 9.20. The summed E-state index contributed by atoms with van der Waals surface area (Å²) in [5.74, 6) is -2.43. The van der Waals surface area contributed by atoms with E-state index < -0.39 is 55.0 Å². The first-order chi connectivity index (χ1) is 13.1. The highest BCUT2D eigenvalue weighted by molar-refractivity contribution is 5.88. The van der Waals surface area contributed by atoms with Crippen molar-refractivity contribution in [1.82, 2.24) is 0 Å². The van der Waals surface area contributed by atoms with Gasteiger partial charge in [-0.2, -0.15) is 0 Å². The first-order valence-electron chi connectivity index (χ1n) is 8.68. The molecule has 1 fully saturated rings. The summed E-state index contributed by atoms with van der Waals surface area (Å²) in [5, 5.41) is 49.0. The molecule has 0 unspecified atom stereocenters. The monoisotopic (exact) mass is 400 g/mol. The van der Waals surface area contributed by atoms with Crippen molar-refractivity contribution in [2.75, 3.05) is 6.61 Å². The Balaban J connectivity index is 2.10. The van der Waals surface area contributed by atoms with Gasteiger partial charge in [-0.05, 0) is 24.1 Å². The molecular formula is C18H24O10. The molecule has 0 aliphatic carbocycles. The van der Waals surface area contributed by atoms with Crippen LogP contribution < -0.4 is 4.74 Å². The van der Waals surface area contributed by atoms with E-state index in [0.29, 0.717) is 0 Å². The average molecular weight is 400 g/mol. The van der Waals surface area contributed by atoms with Gasteiger partial charge in [-0.1, -0.05) is 13.8 Å². The first kappa shape index (κ1) is 21.9. The van der Waals surface area contributed by atoms with Crippen molar-refractivity contribution < 1.29 is 49.3 Å². The average Bonchev–Trinajstić information content (AvgIpc) is 2.62. The van der Waals surface area contributed by atoms with Crippen molar-refractivity contribution in [2.24, 2.45) is 5.92 Å². The second-order valence-electron chi connectivity index (χ2n) is 6.90. The van der Waals surface area contributed by atoms with E-state index in [0.717, 1.165) is 18.2 Å². The molecule has 1 aliphatic rings. The van der Waals surface area contributed by atoms with Gasteiger partial charge in [0.2, 0.25) is 6.29 Å². The number of aliphatic hydroxyl groups is 3. The fourth-order valence-electron chi connectivity index (χ4n) is 2.59. The normalized spacial score (nSPS) is 27.4. The van der Waals surface area contributed by atoms with Gasteiger partial charge in [0.1, 0.15) is 31.0 Å². The Bertz CT molecular complexity index is 704. The van der Waals surface area contributed by atoms with Crippen LogP contribution in [0.15, 0.2) is 18.2 Å². The van der Waals surface area contributed by atoms with Crippen LogP contribution in [0.4, 0.5) is 0 Å². The molecule has 5 N–H and O–H groups in total. The fraction of sp³-hybridized carbons (Fsp3) is 0.556. The number of aromatic hydroxyl groups is 1. The van der Waals surface area contributed by atoms with Crippen LogP contribution in [0.1, 0.15) is 30.6 Å². The maximum Gasteiger partial charge on any atom is 0.335 e. The highest BCUT2D eigenvalue weighted by atomic mass is 16.7. The van der Waals surface area contributed by atoms with Crippen LogP contribution >= 0.6 is 0 Å². The number of esters is 1. The standard InChI is InChI=1S/C18H24O10/c1-8(2)5-13(20)26-7-12-14(21)15(22)16(23)18(28-12)27-11-6-9(17(24)25)3-4-10(11)19/h3-4,6,8,12,14-16,18-19,21-23H,5,7H2,1-2H3,(H,24,25)/t12-,14-,15+,16-,18-/m1/s1. The lowest BCUT2D eigenvalue weighted by molar-refractivity contribution is -0.278. The van der Waals surface area contributed by atoms with E-state index in [1.165, 1.54) is 0 Å². The summed E-state index contributed by atoms with van der Waals surface area (Å²) in [4.78, 5) is 22.7. The van der Waals surface area contributed by atoms with Crippen molar-refractivity contribution in [3.05, 3.63) is 23.8 Å². The molecule has 0 spiro atoms. The number of ether oxygens (including phenoxy) is 3. The Kier molecular flexibility index (Phi) is 7.19. The molecule has 156 valence electrons. The lowest BCUT2D eigenvalue weighted by atomic mass is 9.99. The molecular weight excluding hydrogens is 376 g/mol. The maximum absolute atomic E-state index is 11.7. The van der Waals surface area contributed by atoms with Gasteiger partial charge < -0.3 is 39.7 Å². The van der Waals surface area contributed by atoms with Crippen molar-refractivity contribution in [1.29, 1.82) is 0 Å². The van der Waals surface area contributed by atoms with Crippen LogP contribution in [-0.4, -0.2) is 74.8 Å². The maximum atomic E-state index is 11.7. The van der Waals surface area contributed by atoms with Crippen molar-refractivity contribution in [2.45, 2.75) is 51.0 Å². The number of benzene rings is 1. The van der Waals surface area contributed by atoms with E-state index in [-0.39, 0.29) is 23.7 Å². The summed E-state index contributed by atoms with van der Waals surface area (Å²) < 4.78 is 15.7. The Morgan fingerprint density at radius 2 is 1.82 bits per heavy atom. The number of carboxylic acids is 1. The van der Waals surface area contributed by atoms with Crippen LogP contribution in [0, 0.1) is 5.92 Å². The van der Waals surface area contributed by atoms with Crippen molar-refractivity contribution >= 4 is 11.9 Å². The largest absolute Gasteiger partial charge is 0.504 e. The zero-order valence-electron chi connectivity index (χ0n) is 15.4. The van der Waals surface area contributed by atoms with Crippen molar-refractivity contribution in [3.63, 3.8) is 0 Å². The van der Waals surface area contributed by atoms with Crippen molar-refractivity contribution in [3.8, 4) is 11.5 Å². The van der Waals surface area contributed by atoms with Gasteiger partial charge in [0, 0.05) is 6.42 Å². The minimum Gasteiger partial charge on any atom is -0.504 e. The molecule has 1 aromatic carbocycles. The first-order valence-corrected chi connectivity index (χ1v) is 8.68. The Labute approximate surface area is 160 Å². The number of carboxylic acid groups (broad SMARTS) is 1. The zero-order chi connectivity index (χ0) is 21.0. The van der Waals surface area contributed by atoms with Gasteiger partial charge >= 0.3 is 11.9 Å². The van der Waals surface area contributed by atoms with E-state index in [2.05, 4.69) is 0 Å². The molecule has 5 atom stereocenters. The number of aromatic carboxylic acids is 1. The number of phenols is 1. The second-order valence-corrected chi connectivity index (χ2v) is 6.90. The van der Waals surface area contributed by atoms with Crippen LogP contribution in [0.5, 0.6) is 11.5 Å². The summed E-state index contributed by atoms with van der Waals surface area (Å²) in [6, 6.07) is 3.26. The predicted molar refractivity (Wildman–Crippen MR) is 92.8 cm³/mol. The van der Waals surface area contributed by atoms with E-state index >= 15 is 0 Å². The van der Waals surface area contributed by atoms with Gasteiger partial charge in [0.25, 0.3) is 0 Å². The third-order valence-electron chi connectivity index (χ3n) is 4.10. The number of aliphatic hydroxyl groups excluding tert-OH is 3. The third kappa shape index (κ3) is 5.32. The molecule has 0 aromatic heterocycles. The highest BCUT2D eigenvalue weighted by Crippen LogP contribution is 2.31. The Morgan fingerprint density at radius 3 is 2.43 bits per heavy atom. The molecule has 0 amide bonds. The summed E-state index contributed by atoms with van der Waals surface area (Å²) in [7, 11) is 0. The van der Waals surface area contributed by atoms with Gasteiger partial charge in [0.05, 0.1) is 5.56 Å². The SMILES string of the molecule is CC(C)CC(=O)OC[C@H]1O[C@@H](Oc2cc(C(=O)O)ccc2O)[C@H](O)[C@@H](O)[C@@H]1O. The molecule has 1 aliphatic heterocycles. The number of hydrogen-bond acceptors (Lipinski definition) is 9. The Morgan fingerprint density at radius 1 is 1.14 bits per heavy atom. The number of carbonyl (C=O) groups excluding carboxylic acids is 1. The van der Waals surface area contributed by atoms with Crippen LogP contribution in [0.25, 0.3) is 0 Å². The number of rotatable bonds is 7. The molecule has 28 heavy (non-hydrogen) atoms. The lowest BCUT2D eigenvalue weighted by Crippen LogP contribution is -2.60. The summed E-state index contributed by atoms with van der Waals surface area (Å²) in [6.07, 6.45) is -7.54. The predicted octanol–water partition coefficient (Wildman–Crippen LogP) is -0.134. The topological polar surface area (TPSA) is 163 Å². The van der Waals surface area contributed by atoms with Gasteiger partial charge in [-0.3, -0.25) is 4.79 Å². The quantitative estimate of drug-likeness (QED) is 0.389. The van der Waals surface area contributed by atoms with Crippen LogP contribution in [0.3, 0.4) is 0 Å². The molecule has 0 radical (unpaired) electrons. The molecule has 10 heteroatoms. The summed E-state index contributed by atoms with van der Waals surface area (Å²) in [6.45, 7) is 3.27. The minimum absolute atomic E-state index is 0.0673. The van der Waals surface area contributed by atoms with Crippen LogP contribution in [0.2, 0.25) is 0 Å². The molecule has 2 rings (SSSR count). The lowest BCUT2D eigenvalue weighted by Gasteiger charge is -2.40. The molecule has 1 aromatic rings. The van der Waals surface area contributed by atoms with Gasteiger partial charge in [-0.15, -0.1) is 0 Å². The van der Waals surface area contributed by atoms with Crippen LogP contribution in [-0.2, 0) is 14.3 Å². The van der Waals surface area contributed by atoms with E-state index in [4.69, 9.17) is 19.3 Å². The minimum atomic E-state index is -1.70. The smallest absolute Gasteiger partial charge is 0.335 e. The number of hydrogen-bond donors (Lipinski definition) is 5. The van der Waals surface area contributed by atoms with E-state index in [1.807, 2.05) is 13.8 Å².